The summed E-state index contributed by atoms with van der Waals surface area (Å²) in [6.07, 6.45) is 7.10. The number of rotatable bonds is 10. The Morgan fingerprint density at radius 1 is 1.25 bits per heavy atom. The summed E-state index contributed by atoms with van der Waals surface area (Å²) in [4.78, 5) is 0.824. The molecule has 1 aromatic rings. The minimum absolute atomic E-state index is 0.303. The average Bonchev–Trinajstić information content (AvgIpc) is 2.68. The number of allylic oxidation sites excluding steroid dienone is 3. The molecule has 0 heterocycles. The summed E-state index contributed by atoms with van der Waals surface area (Å²) in [6.45, 7) is 16.3. The summed E-state index contributed by atoms with van der Waals surface area (Å²) < 4.78 is 0. The highest BCUT2D eigenvalue weighted by molar-refractivity contribution is 7.80. The van der Waals surface area contributed by atoms with Crippen molar-refractivity contribution in [3.05, 3.63) is 64.2 Å². The lowest BCUT2D eigenvalue weighted by atomic mass is 9.95. The lowest BCUT2D eigenvalue weighted by Gasteiger charge is -2.16. The molecule has 3 N–H and O–H groups in total. The first kappa shape index (κ1) is 29.8. The minimum Gasteiger partial charge on any atom is -0.330 e. The van der Waals surface area contributed by atoms with Gasteiger partial charge in [0.25, 0.3) is 0 Å². The third-order valence-corrected chi connectivity index (χ3v) is 4.72. The van der Waals surface area contributed by atoms with E-state index in [2.05, 4.69) is 38.0 Å². The highest BCUT2D eigenvalue weighted by atomic mass is 35.5. The maximum Gasteiger partial charge on any atom is 0.0603 e. The number of nitrogens with one attached hydrogen (secondary N) is 1. The van der Waals surface area contributed by atoms with E-state index in [1.54, 1.807) is 18.2 Å². The molecule has 0 aliphatic heterocycles. The van der Waals surface area contributed by atoms with Gasteiger partial charge in [0.15, 0.2) is 0 Å². The minimum atomic E-state index is 0.303. The van der Waals surface area contributed by atoms with Crippen LogP contribution in [0, 0.1) is 5.92 Å². The second kappa shape index (κ2) is 19.9. The number of nitrogens with two attached hydrogens (primary N) is 1. The Kier molecular flexibility index (Phi) is 21.1. The van der Waals surface area contributed by atoms with Gasteiger partial charge in [0.1, 0.15) is 0 Å². The van der Waals surface area contributed by atoms with Crippen LogP contribution in [0.1, 0.15) is 40.0 Å². The number of unbranched alkanes of at least 4 members (excludes halogenated alkanes) is 1. The second-order valence-electron chi connectivity index (χ2n) is 5.72. The molecule has 0 saturated heterocycles. The van der Waals surface area contributed by atoms with Crippen LogP contribution in [0.25, 0.3) is 0 Å². The fourth-order valence-corrected chi connectivity index (χ4v) is 2.84. The van der Waals surface area contributed by atoms with Crippen LogP contribution in [0.5, 0.6) is 0 Å². The summed E-state index contributed by atoms with van der Waals surface area (Å²) >= 11 is 21.1. The first-order chi connectivity index (χ1) is 13.3. The van der Waals surface area contributed by atoms with Crippen molar-refractivity contribution in [1.29, 1.82) is 0 Å². The zero-order valence-corrected chi connectivity index (χ0v) is 20.4. The summed E-state index contributed by atoms with van der Waals surface area (Å²) in [5.41, 5.74) is 6.85. The fourth-order valence-electron chi connectivity index (χ4n) is 2.13. The number of hydrogen-bond donors (Lipinski definition) is 3. The largest absolute Gasteiger partial charge is 0.330 e. The van der Waals surface area contributed by atoms with E-state index in [1.165, 1.54) is 12.8 Å². The lowest BCUT2D eigenvalue weighted by molar-refractivity contribution is 0.529. The highest BCUT2D eigenvalue weighted by Gasteiger charge is 2.09. The molecule has 0 spiro atoms. The van der Waals surface area contributed by atoms with Gasteiger partial charge in [-0.25, -0.2) is 0 Å². The normalized spacial score (nSPS) is 11.5. The van der Waals surface area contributed by atoms with E-state index in [9.17, 15) is 0 Å². The van der Waals surface area contributed by atoms with E-state index in [0.717, 1.165) is 30.0 Å². The molecule has 160 valence electrons. The van der Waals surface area contributed by atoms with Crippen molar-refractivity contribution >= 4 is 47.4 Å². The summed E-state index contributed by atoms with van der Waals surface area (Å²) in [5, 5.41) is 5.05. The number of hydrogen-bond acceptors (Lipinski definition) is 3. The summed E-state index contributed by atoms with van der Waals surface area (Å²) in [6, 6.07) is 5.20. The third kappa shape index (κ3) is 15.5. The van der Waals surface area contributed by atoms with E-state index in [4.69, 9.17) is 40.5 Å². The van der Waals surface area contributed by atoms with E-state index in [0.29, 0.717) is 27.5 Å². The van der Waals surface area contributed by atoms with Crippen molar-refractivity contribution in [2.45, 2.75) is 44.9 Å². The molecule has 0 aliphatic carbocycles. The molecule has 1 atom stereocenters. The summed E-state index contributed by atoms with van der Waals surface area (Å²) in [7, 11) is 0. The van der Waals surface area contributed by atoms with Gasteiger partial charge in [-0.05, 0) is 68.2 Å². The van der Waals surface area contributed by atoms with Crippen LogP contribution in [0.15, 0.2) is 59.0 Å². The van der Waals surface area contributed by atoms with E-state index in [-0.39, 0.29) is 0 Å². The van der Waals surface area contributed by atoms with Crippen molar-refractivity contribution in [2.75, 3.05) is 19.6 Å². The molecular formula is C22H35Cl3N2S. The van der Waals surface area contributed by atoms with Crippen molar-refractivity contribution in [2.24, 2.45) is 11.7 Å². The van der Waals surface area contributed by atoms with Gasteiger partial charge in [-0.15, -0.1) is 12.6 Å². The molecule has 1 rings (SSSR count). The zero-order valence-electron chi connectivity index (χ0n) is 17.3. The van der Waals surface area contributed by atoms with Gasteiger partial charge in [-0.1, -0.05) is 81.2 Å². The third-order valence-electron chi connectivity index (χ3n) is 3.59. The summed E-state index contributed by atoms with van der Waals surface area (Å²) in [5.74, 6) is 0.303. The van der Waals surface area contributed by atoms with Crippen LogP contribution in [-0.2, 0) is 0 Å². The van der Waals surface area contributed by atoms with Gasteiger partial charge in [0, 0.05) is 9.93 Å². The van der Waals surface area contributed by atoms with Crippen LogP contribution >= 0.6 is 47.4 Å². The van der Waals surface area contributed by atoms with E-state index in [1.807, 2.05) is 26.0 Å². The number of benzene rings is 1. The SMILES string of the molecule is C=C/C(=C\C(=C)Cl)C(CN)CCNCCCC.CC.Sc1ccc(Cl)c(Cl)c1. The van der Waals surface area contributed by atoms with Crippen LogP contribution < -0.4 is 11.1 Å². The molecule has 1 unspecified atom stereocenters. The molecular weight excluding hydrogens is 431 g/mol. The van der Waals surface area contributed by atoms with Crippen molar-refractivity contribution in [3.63, 3.8) is 0 Å². The van der Waals surface area contributed by atoms with Crippen LogP contribution in [0.3, 0.4) is 0 Å². The molecule has 6 heteroatoms. The van der Waals surface area contributed by atoms with Crippen molar-refractivity contribution < 1.29 is 0 Å². The molecule has 1 aromatic carbocycles. The lowest BCUT2D eigenvalue weighted by Crippen LogP contribution is -2.24. The molecule has 0 fully saturated rings. The van der Waals surface area contributed by atoms with Crippen molar-refractivity contribution in [3.8, 4) is 0 Å². The van der Waals surface area contributed by atoms with Gasteiger partial charge in [-0.3, -0.25) is 0 Å². The topological polar surface area (TPSA) is 38.0 Å². The Balaban J connectivity index is 0. The van der Waals surface area contributed by atoms with E-state index < -0.39 is 0 Å². The first-order valence-electron chi connectivity index (χ1n) is 9.58. The Hall–Kier alpha value is -0.420. The van der Waals surface area contributed by atoms with Crippen LogP contribution in [0.4, 0.5) is 0 Å². The van der Waals surface area contributed by atoms with E-state index >= 15 is 0 Å². The predicted molar refractivity (Wildman–Crippen MR) is 133 cm³/mol. The second-order valence-corrected chi connectivity index (χ2v) is 7.53. The van der Waals surface area contributed by atoms with Gasteiger partial charge < -0.3 is 11.1 Å². The fraction of sp³-hybridized carbons (Fsp3) is 0.455. The zero-order chi connectivity index (χ0) is 21.9. The molecule has 0 bridgehead atoms. The molecule has 0 aromatic heterocycles. The maximum absolute atomic E-state index is 5.78. The Morgan fingerprint density at radius 3 is 2.32 bits per heavy atom. The molecule has 2 nitrogen and oxygen atoms in total. The van der Waals surface area contributed by atoms with Crippen LogP contribution in [-0.4, -0.2) is 19.6 Å². The monoisotopic (exact) mass is 464 g/mol. The standard InChI is InChI=1S/C14H25ClN2.C6H4Cl2S.C2H6/c1-4-6-8-17-9-7-14(11-16)13(5-2)10-12(3)15;7-5-2-1-4(9)3-6(5)8;1-2/h5,10,14,17H,2-4,6-9,11,16H2,1H3;1-3,9H;1-2H3/b13-10+;;. The van der Waals surface area contributed by atoms with Gasteiger partial charge in [0.05, 0.1) is 10.0 Å². The number of thiol groups is 1. The number of halogens is 3. The Bertz CT molecular complexity index is 589. The van der Waals surface area contributed by atoms with Gasteiger partial charge in [-0.2, -0.15) is 0 Å². The quantitative estimate of drug-likeness (QED) is 0.190. The highest BCUT2D eigenvalue weighted by Crippen LogP contribution is 2.23. The maximum atomic E-state index is 5.78. The van der Waals surface area contributed by atoms with Gasteiger partial charge >= 0.3 is 0 Å². The molecule has 0 amide bonds. The average molecular weight is 466 g/mol. The molecule has 0 saturated carbocycles. The van der Waals surface area contributed by atoms with Crippen molar-refractivity contribution in [1.82, 2.24) is 5.32 Å². The first-order valence-corrected chi connectivity index (χ1v) is 11.2. The molecule has 0 radical (unpaired) electrons. The smallest absolute Gasteiger partial charge is 0.0603 e. The predicted octanol–water partition coefficient (Wildman–Crippen LogP) is 7.51. The van der Waals surface area contributed by atoms with Gasteiger partial charge in [0.2, 0.25) is 0 Å². The Labute approximate surface area is 192 Å². The Morgan fingerprint density at radius 2 is 1.89 bits per heavy atom. The molecule has 0 aliphatic rings. The van der Waals surface area contributed by atoms with Crippen LogP contribution in [0.2, 0.25) is 10.0 Å². The molecule has 28 heavy (non-hydrogen) atoms.